The molecule has 0 fully saturated rings. The van der Waals surface area contributed by atoms with Crippen molar-refractivity contribution in [3.63, 3.8) is 0 Å². The van der Waals surface area contributed by atoms with Gasteiger partial charge in [-0.3, -0.25) is 4.79 Å². The van der Waals surface area contributed by atoms with E-state index in [-0.39, 0.29) is 5.91 Å². The summed E-state index contributed by atoms with van der Waals surface area (Å²) in [6.07, 6.45) is 0. The average molecular weight is 392 g/mol. The minimum atomic E-state index is -0.0239. The Morgan fingerprint density at radius 1 is 1.22 bits per heavy atom. The SMILES string of the molecule is COc1ccc(CNC(=O)CSc2nc(C)c(C)n2CC(C)C)cc1OC. The van der Waals surface area contributed by atoms with Gasteiger partial charge in [0.1, 0.15) is 0 Å². The first-order chi connectivity index (χ1) is 12.8. The van der Waals surface area contributed by atoms with Crippen LogP contribution in [0.2, 0.25) is 0 Å². The van der Waals surface area contributed by atoms with E-state index in [1.165, 1.54) is 11.8 Å². The van der Waals surface area contributed by atoms with Gasteiger partial charge in [0.05, 0.1) is 25.7 Å². The number of aryl methyl sites for hydroxylation is 1. The Bertz CT molecular complexity index is 787. The van der Waals surface area contributed by atoms with E-state index in [4.69, 9.17) is 9.47 Å². The normalized spacial score (nSPS) is 10.9. The lowest BCUT2D eigenvalue weighted by molar-refractivity contribution is -0.118. The van der Waals surface area contributed by atoms with Gasteiger partial charge in [-0.25, -0.2) is 4.98 Å². The summed E-state index contributed by atoms with van der Waals surface area (Å²) in [6, 6.07) is 5.62. The van der Waals surface area contributed by atoms with Crippen molar-refractivity contribution in [3.05, 3.63) is 35.2 Å². The van der Waals surface area contributed by atoms with Crippen molar-refractivity contribution < 1.29 is 14.3 Å². The van der Waals surface area contributed by atoms with Crippen LogP contribution in [0.1, 0.15) is 30.8 Å². The quantitative estimate of drug-likeness (QED) is 0.662. The number of imidazole rings is 1. The minimum absolute atomic E-state index is 0.0239. The predicted molar refractivity (Wildman–Crippen MR) is 109 cm³/mol. The van der Waals surface area contributed by atoms with Crippen molar-refractivity contribution in [2.75, 3.05) is 20.0 Å². The van der Waals surface area contributed by atoms with Crippen LogP contribution in [0.25, 0.3) is 0 Å². The third-order valence-corrected chi connectivity index (χ3v) is 5.22. The van der Waals surface area contributed by atoms with Gasteiger partial charge >= 0.3 is 0 Å². The Kier molecular flexibility index (Phi) is 7.59. The zero-order valence-electron chi connectivity index (χ0n) is 17.0. The number of benzene rings is 1. The van der Waals surface area contributed by atoms with Crippen molar-refractivity contribution in [1.29, 1.82) is 0 Å². The number of carbonyl (C=O) groups is 1. The Hall–Kier alpha value is -2.15. The molecule has 1 amide bonds. The summed E-state index contributed by atoms with van der Waals surface area (Å²) >= 11 is 1.48. The first-order valence-corrected chi connectivity index (χ1v) is 9.98. The van der Waals surface area contributed by atoms with Crippen molar-refractivity contribution in [1.82, 2.24) is 14.9 Å². The third kappa shape index (κ3) is 5.66. The van der Waals surface area contributed by atoms with Crippen LogP contribution in [0.5, 0.6) is 11.5 Å². The van der Waals surface area contributed by atoms with Crippen LogP contribution in [0.4, 0.5) is 0 Å². The number of nitrogens with zero attached hydrogens (tertiary/aromatic N) is 2. The van der Waals surface area contributed by atoms with Gasteiger partial charge in [0.15, 0.2) is 16.7 Å². The number of hydrogen-bond donors (Lipinski definition) is 1. The topological polar surface area (TPSA) is 65.4 Å². The Balaban J connectivity index is 1.93. The lowest BCUT2D eigenvalue weighted by atomic mass is 10.2. The molecule has 0 bridgehead atoms. The van der Waals surface area contributed by atoms with Gasteiger partial charge < -0.3 is 19.4 Å². The maximum atomic E-state index is 12.3. The summed E-state index contributed by atoms with van der Waals surface area (Å²) in [5, 5.41) is 3.85. The van der Waals surface area contributed by atoms with Crippen LogP contribution in [-0.4, -0.2) is 35.4 Å². The zero-order chi connectivity index (χ0) is 20.0. The maximum absolute atomic E-state index is 12.3. The molecule has 0 radical (unpaired) electrons. The second-order valence-corrected chi connectivity index (χ2v) is 7.77. The van der Waals surface area contributed by atoms with Crippen molar-refractivity contribution in [2.24, 2.45) is 5.92 Å². The molecule has 0 aliphatic rings. The van der Waals surface area contributed by atoms with Crippen LogP contribution >= 0.6 is 11.8 Å². The molecule has 1 aromatic heterocycles. The van der Waals surface area contributed by atoms with Gasteiger partial charge in [-0.2, -0.15) is 0 Å². The standard InChI is InChI=1S/C20H29N3O3S/c1-13(2)11-23-15(4)14(3)22-20(23)27-12-19(24)21-10-16-7-8-17(25-5)18(9-16)26-6/h7-9,13H,10-12H2,1-6H3,(H,21,24). The molecule has 6 nitrogen and oxygen atoms in total. The number of thioether (sulfide) groups is 1. The van der Waals surface area contributed by atoms with Crippen LogP contribution in [0.3, 0.4) is 0 Å². The number of nitrogens with one attached hydrogen (secondary N) is 1. The molecule has 7 heteroatoms. The second-order valence-electron chi connectivity index (χ2n) is 6.82. The summed E-state index contributed by atoms with van der Waals surface area (Å²) < 4.78 is 12.7. The van der Waals surface area contributed by atoms with Gasteiger partial charge in [0.2, 0.25) is 5.91 Å². The summed E-state index contributed by atoms with van der Waals surface area (Å²) in [6.45, 7) is 9.79. The highest BCUT2D eigenvalue weighted by Gasteiger charge is 2.14. The summed E-state index contributed by atoms with van der Waals surface area (Å²) in [7, 11) is 3.20. The highest BCUT2D eigenvalue weighted by molar-refractivity contribution is 7.99. The molecule has 148 valence electrons. The molecular formula is C20H29N3O3S. The van der Waals surface area contributed by atoms with Gasteiger partial charge in [-0.15, -0.1) is 0 Å². The van der Waals surface area contributed by atoms with E-state index in [9.17, 15) is 4.79 Å². The van der Waals surface area contributed by atoms with Crippen LogP contribution in [-0.2, 0) is 17.9 Å². The zero-order valence-corrected chi connectivity index (χ0v) is 17.8. The monoisotopic (exact) mass is 391 g/mol. The highest BCUT2D eigenvalue weighted by Crippen LogP contribution is 2.27. The molecule has 2 rings (SSSR count). The van der Waals surface area contributed by atoms with Crippen LogP contribution in [0, 0.1) is 19.8 Å². The number of aromatic nitrogens is 2. The number of hydrogen-bond acceptors (Lipinski definition) is 5. The van der Waals surface area contributed by atoms with Crippen molar-refractivity contribution in [2.45, 2.75) is 45.9 Å². The molecule has 0 atom stereocenters. The number of rotatable bonds is 9. The van der Waals surface area contributed by atoms with Crippen molar-refractivity contribution in [3.8, 4) is 11.5 Å². The molecule has 0 saturated heterocycles. The number of amides is 1. The average Bonchev–Trinajstić information content (AvgIpc) is 2.91. The Morgan fingerprint density at radius 2 is 1.93 bits per heavy atom. The predicted octanol–water partition coefficient (Wildman–Crippen LogP) is 3.58. The lowest BCUT2D eigenvalue weighted by Crippen LogP contribution is -2.24. The fraction of sp³-hybridized carbons (Fsp3) is 0.500. The van der Waals surface area contributed by atoms with E-state index in [0.717, 1.165) is 28.7 Å². The van der Waals surface area contributed by atoms with E-state index >= 15 is 0 Å². The molecule has 0 aliphatic heterocycles. The fourth-order valence-electron chi connectivity index (χ4n) is 2.69. The first kappa shape index (κ1) is 21.2. The number of carbonyl (C=O) groups excluding carboxylic acids is 1. The second kappa shape index (κ2) is 9.69. The molecule has 0 aliphatic carbocycles. The van der Waals surface area contributed by atoms with Gasteiger partial charge in [0, 0.05) is 18.8 Å². The largest absolute Gasteiger partial charge is 0.493 e. The molecule has 2 aromatic rings. The summed E-state index contributed by atoms with van der Waals surface area (Å²) in [5.74, 6) is 2.16. The number of ether oxygens (including phenoxy) is 2. The molecule has 0 spiro atoms. The molecule has 1 N–H and O–H groups in total. The number of methoxy groups -OCH3 is 2. The Morgan fingerprint density at radius 3 is 2.56 bits per heavy atom. The van der Waals surface area contributed by atoms with E-state index in [2.05, 4.69) is 35.6 Å². The van der Waals surface area contributed by atoms with E-state index in [1.54, 1.807) is 14.2 Å². The molecule has 0 unspecified atom stereocenters. The molecule has 27 heavy (non-hydrogen) atoms. The van der Waals surface area contributed by atoms with Crippen molar-refractivity contribution >= 4 is 17.7 Å². The van der Waals surface area contributed by atoms with E-state index in [1.807, 2.05) is 25.1 Å². The third-order valence-electron chi connectivity index (χ3n) is 4.24. The van der Waals surface area contributed by atoms with Gasteiger partial charge in [0.25, 0.3) is 0 Å². The minimum Gasteiger partial charge on any atom is -0.493 e. The van der Waals surface area contributed by atoms with Gasteiger partial charge in [-0.1, -0.05) is 31.7 Å². The van der Waals surface area contributed by atoms with E-state index in [0.29, 0.717) is 29.7 Å². The van der Waals surface area contributed by atoms with Gasteiger partial charge in [-0.05, 0) is 37.5 Å². The summed E-state index contributed by atoms with van der Waals surface area (Å²) in [4.78, 5) is 16.9. The smallest absolute Gasteiger partial charge is 0.230 e. The highest BCUT2D eigenvalue weighted by atomic mass is 32.2. The molecule has 1 aromatic carbocycles. The first-order valence-electron chi connectivity index (χ1n) is 8.99. The maximum Gasteiger partial charge on any atom is 0.230 e. The van der Waals surface area contributed by atoms with E-state index < -0.39 is 0 Å². The molecular weight excluding hydrogens is 362 g/mol. The Labute approximate surface area is 165 Å². The van der Waals surface area contributed by atoms with Crippen LogP contribution < -0.4 is 14.8 Å². The van der Waals surface area contributed by atoms with Crippen LogP contribution in [0.15, 0.2) is 23.4 Å². The molecule has 0 saturated carbocycles. The summed E-state index contributed by atoms with van der Waals surface area (Å²) in [5.41, 5.74) is 3.14. The molecule has 1 heterocycles. The fourth-order valence-corrected chi connectivity index (χ4v) is 3.62. The lowest BCUT2D eigenvalue weighted by Gasteiger charge is -2.12.